The quantitative estimate of drug-likeness (QED) is 0.813. The van der Waals surface area contributed by atoms with Gasteiger partial charge >= 0.3 is 6.09 Å². The Bertz CT molecular complexity index is 615. The number of aliphatic hydroxyl groups is 1. The molecular weight excluding hydrogens is 333 g/mol. The minimum absolute atomic E-state index is 0.0141. The highest BCUT2D eigenvalue weighted by Gasteiger charge is 2.01. The maximum Gasteiger partial charge on any atom is 0.407 e. The number of nitrogens with one attached hydrogen (secondary N) is 1. The second-order valence-electron chi connectivity index (χ2n) is 3.58. The topological polar surface area (TPSA) is 110 Å². The number of hydrogen-bond acceptors (Lipinski definition) is 7. The lowest BCUT2D eigenvalue weighted by Gasteiger charge is -2.01. The first-order chi connectivity index (χ1) is 10.5. The van der Waals surface area contributed by atoms with Crippen LogP contribution in [0.25, 0.3) is 0 Å². The number of carbonyl (C=O) groups excluding carboxylic acids is 1. The minimum atomic E-state index is -0.524. The highest BCUT2D eigenvalue weighted by atomic mass is 35.5. The lowest BCUT2D eigenvalue weighted by Crippen LogP contribution is -2.19. The SMILES string of the molecule is CNC(=O)OCc1nccc(Cl)n1.OCc1nccc(Cl)n1. The molecule has 0 unspecified atom stereocenters. The van der Waals surface area contributed by atoms with Gasteiger partial charge in [-0.2, -0.15) is 0 Å². The van der Waals surface area contributed by atoms with Crippen LogP contribution >= 0.6 is 23.2 Å². The summed E-state index contributed by atoms with van der Waals surface area (Å²) in [5, 5.41) is 11.5. The van der Waals surface area contributed by atoms with Gasteiger partial charge in [-0.25, -0.2) is 24.7 Å². The monoisotopic (exact) mass is 345 g/mol. The number of alkyl carbamates (subject to hydrolysis) is 1. The molecule has 0 atom stereocenters. The molecule has 0 aliphatic heterocycles. The molecule has 0 aliphatic carbocycles. The first-order valence-corrected chi connectivity index (χ1v) is 6.71. The Morgan fingerprint density at radius 3 is 2.18 bits per heavy atom. The van der Waals surface area contributed by atoms with E-state index in [2.05, 4.69) is 25.3 Å². The average molecular weight is 346 g/mol. The van der Waals surface area contributed by atoms with Crippen LogP contribution in [0.1, 0.15) is 11.6 Å². The van der Waals surface area contributed by atoms with E-state index >= 15 is 0 Å². The largest absolute Gasteiger partial charge is 0.441 e. The molecule has 8 nitrogen and oxygen atoms in total. The number of aromatic nitrogens is 4. The van der Waals surface area contributed by atoms with Crippen LogP contribution in [0.3, 0.4) is 0 Å². The predicted molar refractivity (Wildman–Crippen MR) is 79.3 cm³/mol. The van der Waals surface area contributed by atoms with Crippen LogP contribution < -0.4 is 5.32 Å². The van der Waals surface area contributed by atoms with Crippen molar-refractivity contribution in [1.29, 1.82) is 0 Å². The van der Waals surface area contributed by atoms with Crippen molar-refractivity contribution in [3.8, 4) is 0 Å². The van der Waals surface area contributed by atoms with Gasteiger partial charge in [0, 0.05) is 19.4 Å². The number of ether oxygens (including phenoxy) is 1. The van der Waals surface area contributed by atoms with E-state index in [0.717, 1.165) is 0 Å². The zero-order chi connectivity index (χ0) is 16.4. The van der Waals surface area contributed by atoms with Crippen LogP contribution in [-0.2, 0) is 18.0 Å². The molecule has 10 heteroatoms. The van der Waals surface area contributed by atoms with Gasteiger partial charge in [0.25, 0.3) is 0 Å². The third kappa shape index (κ3) is 7.11. The summed E-state index contributed by atoms with van der Waals surface area (Å²) in [6, 6.07) is 3.10. The van der Waals surface area contributed by atoms with Gasteiger partial charge in [0.15, 0.2) is 18.3 Å². The summed E-state index contributed by atoms with van der Waals surface area (Å²) in [6.07, 6.45) is 2.47. The van der Waals surface area contributed by atoms with Gasteiger partial charge in [0.1, 0.15) is 16.9 Å². The van der Waals surface area contributed by atoms with Gasteiger partial charge in [0.2, 0.25) is 0 Å². The van der Waals surface area contributed by atoms with Gasteiger partial charge in [-0.3, -0.25) is 0 Å². The van der Waals surface area contributed by atoms with Crippen molar-refractivity contribution in [3.05, 3.63) is 46.5 Å². The number of hydrogen-bond donors (Lipinski definition) is 2. The van der Waals surface area contributed by atoms with Crippen LogP contribution in [0.5, 0.6) is 0 Å². The number of aliphatic hydroxyl groups excluding tert-OH is 1. The molecule has 2 N–H and O–H groups in total. The molecule has 2 rings (SSSR count). The highest BCUT2D eigenvalue weighted by Crippen LogP contribution is 2.03. The van der Waals surface area contributed by atoms with E-state index in [9.17, 15) is 4.79 Å². The summed E-state index contributed by atoms with van der Waals surface area (Å²) in [4.78, 5) is 25.7. The van der Waals surface area contributed by atoms with Gasteiger partial charge in [-0.15, -0.1) is 0 Å². The van der Waals surface area contributed by atoms with Crippen LogP contribution in [0.15, 0.2) is 24.5 Å². The Balaban J connectivity index is 0.000000235. The summed E-state index contributed by atoms with van der Waals surface area (Å²) in [5.41, 5.74) is 0. The molecule has 0 aliphatic rings. The molecule has 0 bridgehead atoms. The molecule has 0 fully saturated rings. The van der Waals surface area contributed by atoms with E-state index in [1.165, 1.54) is 19.4 Å². The number of rotatable bonds is 3. The fourth-order valence-electron chi connectivity index (χ4n) is 1.10. The molecule has 0 aromatic carbocycles. The molecule has 0 saturated heterocycles. The first kappa shape index (κ1) is 18.0. The molecule has 1 amide bonds. The van der Waals surface area contributed by atoms with Crippen LogP contribution in [-0.4, -0.2) is 38.2 Å². The van der Waals surface area contributed by atoms with Crippen molar-refractivity contribution in [3.63, 3.8) is 0 Å². The lowest BCUT2D eigenvalue weighted by molar-refractivity contribution is 0.139. The maximum absolute atomic E-state index is 10.6. The summed E-state index contributed by atoms with van der Waals surface area (Å²) in [5.74, 6) is 0.721. The molecule has 0 saturated carbocycles. The number of halogens is 2. The van der Waals surface area contributed by atoms with E-state index in [1.54, 1.807) is 12.1 Å². The molecule has 2 heterocycles. The van der Waals surface area contributed by atoms with E-state index in [4.69, 9.17) is 33.0 Å². The standard InChI is InChI=1S/C7H8ClN3O2.C5H5ClN2O/c1-9-7(12)13-4-6-10-3-2-5(8)11-6;6-4-1-2-7-5(3-9)8-4/h2-3H,4H2,1H3,(H,9,12);1-2,9H,3H2. The van der Waals surface area contributed by atoms with Crippen LogP contribution in [0.2, 0.25) is 10.3 Å². The van der Waals surface area contributed by atoms with Crippen molar-refractivity contribution in [2.45, 2.75) is 13.2 Å². The zero-order valence-electron chi connectivity index (χ0n) is 11.5. The van der Waals surface area contributed by atoms with Crippen molar-refractivity contribution in [1.82, 2.24) is 25.3 Å². The van der Waals surface area contributed by atoms with Crippen LogP contribution in [0, 0.1) is 0 Å². The van der Waals surface area contributed by atoms with Gasteiger partial charge < -0.3 is 15.2 Å². The zero-order valence-corrected chi connectivity index (χ0v) is 13.0. The van der Waals surface area contributed by atoms with E-state index in [0.29, 0.717) is 22.0 Å². The molecular formula is C12H13Cl2N5O3. The van der Waals surface area contributed by atoms with Crippen LogP contribution in [0.4, 0.5) is 4.79 Å². The lowest BCUT2D eigenvalue weighted by atomic mass is 10.6. The summed E-state index contributed by atoms with van der Waals surface area (Å²) in [6.45, 7) is -0.152. The Kier molecular flexibility index (Phi) is 8.05. The predicted octanol–water partition coefficient (Wildman–Crippen LogP) is 1.61. The Hall–Kier alpha value is -2.03. The normalized spacial score (nSPS) is 9.45. The van der Waals surface area contributed by atoms with Gasteiger partial charge in [0.05, 0.1) is 0 Å². The van der Waals surface area contributed by atoms with E-state index in [1.807, 2.05) is 0 Å². The van der Waals surface area contributed by atoms with E-state index < -0.39 is 6.09 Å². The second kappa shape index (κ2) is 9.82. The summed E-state index contributed by atoms with van der Waals surface area (Å²) < 4.78 is 4.70. The van der Waals surface area contributed by atoms with Crippen molar-refractivity contribution in [2.24, 2.45) is 0 Å². The minimum Gasteiger partial charge on any atom is -0.441 e. The molecule has 22 heavy (non-hydrogen) atoms. The third-order valence-corrected chi connectivity index (χ3v) is 2.44. The number of nitrogens with zero attached hydrogens (tertiary/aromatic N) is 4. The Morgan fingerprint density at radius 1 is 1.18 bits per heavy atom. The summed E-state index contributed by atoms with van der Waals surface area (Å²) >= 11 is 11.0. The smallest absolute Gasteiger partial charge is 0.407 e. The molecule has 0 spiro atoms. The number of amides is 1. The molecule has 2 aromatic heterocycles. The molecule has 0 radical (unpaired) electrons. The van der Waals surface area contributed by atoms with Crippen molar-refractivity contribution < 1.29 is 14.6 Å². The average Bonchev–Trinajstić information content (AvgIpc) is 2.53. The van der Waals surface area contributed by atoms with Crippen molar-refractivity contribution >= 4 is 29.3 Å². The molecule has 118 valence electrons. The van der Waals surface area contributed by atoms with Gasteiger partial charge in [-0.1, -0.05) is 23.2 Å². The Labute approximate surface area is 136 Å². The Morgan fingerprint density at radius 2 is 1.73 bits per heavy atom. The number of carbonyl (C=O) groups is 1. The fraction of sp³-hybridized carbons (Fsp3) is 0.250. The van der Waals surface area contributed by atoms with Gasteiger partial charge in [-0.05, 0) is 12.1 Å². The third-order valence-electron chi connectivity index (χ3n) is 2.02. The fourth-order valence-corrected chi connectivity index (χ4v) is 1.40. The summed E-state index contributed by atoms with van der Waals surface area (Å²) in [7, 11) is 1.47. The second-order valence-corrected chi connectivity index (χ2v) is 4.35. The van der Waals surface area contributed by atoms with E-state index in [-0.39, 0.29) is 13.2 Å². The maximum atomic E-state index is 10.6. The molecule has 2 aromatic rings. The highest BCUT2D eigenvalue weighted by molar-refractivity contribution is 6.29. The van der Waals surface area contributed by atoms with Crippen molar-refractivity contribution in [2.75, 3.05) is 7.05 Å². The first-order valence-electron chi connectivity index (χ1n) is 5.95.